The number of allylic oxidation sites excluding steroid dienone is 1. The number of aromatic nitrogens is 2. The molecule has 5 nitrogen and oxygen atoms in total. The summed E-state index contributed by atoms with van der Waals surface area (Å²) in [6.07, 6.45) is 3.66. The van der Waals surface area contributed by atoms with Crippen LogP contribution in [0.15, 0.2) is 30.2 Å². The standard InChI is InChI=1S/C18H14F2N2O3/c1-2-24-18(23)14-7-12(16-13(20)5-9(19)8-21-16)11-6-10-3-4-15(25-10)17(11)22-14/h3,5,7-8,15H,2,4,6H2,1H3/t15-/m0/s1. The molecule has 7 heteroatoms. The number of rotatable bonds is 3. The van der Waals surface area contributed by atoms with Crippen LogP contribution in [0.1, 0.15) is 41.2 Å². The summed E-state index contributed by atoms with van der Waals surface area (Å²) >= 11 is 0. The monoisotopic (exact) mass is 344 g/mol. The van der Waals surface area contributed by atoms with Crippen molar-refractivity contribution >= 4 is 5.97 Å². The van der Waals surface area contributed by atoms with Crippen LogP contribution in [0, 0.1) is 11.6 Å². The lowest BCUT2D eigenvalue weighted by molar-refractivity contribution is 0.0517. The Balaban J connectivity index is 1.92. The highest BCUT2D eigenvalue weighted by Gasteiger charge is 2.34. The third kappa shape index (κ3) is 2.65. The molecule has 0 saturated heterocycles. The summed E-state index contributed by atoms with van der Waals surface area (Å²) in [5.41, 5.74) is 1.76. The second-order valence-corrected chi connectivity index (χ2v) is 5.81. The van der Waals surface area contributed by atoms with Crippen LogP contribution < -0.4 is 0 Å². The Morgan fingerprint density at radius 3 is 3.00 bits per heavy atom. The number of fused-ring (bicyclic) bond motifs is 4. The van der Waals surface area contributed by atoms with E-state index in [-0.39, 0.29) is 24.1 Å². The summed E-state index contributed by atoms with van der Waals surface area (Å²) in [5.74, 6) is -1.38. The minimum absolute atomic E-state index is 0.0208. The van der Waals surface area contributed by atoms with Crippen molar-refractivity contribution in [3.8, 4) is 11.3 Å². The number of esters is 1. The lowest BCUT2D eigenvalue weighted by Crippen LogP contribution is -2.17. The number of halogens is 2. The SMILES string of the molecule is CCOC(=O)c1cc(-c2ncc(F)cc2F)c2c(n1)[C@@H]1CC=C(C2)O1. The van der Waals surface area contributed by atoms with Crippen LogP contribution in [0.4, 0.5) is 8.78 Å². The van der Waals surface area contributed by atoms with Crippen molar-refractivity contribution in [3.63, 3.8) is 0 Å². The number of ether oxygens (including phenoxy) is 2. The number of carbonyl (C=O) groups is 1. The van der Waals surface area contributed by atoms with E-state index >= 15 is 0 Å². The summed E-state index contributed by atoms with van der Waals surface area (Å²) < 4.78 is 38.3. The topological polar surface area (TPSA) is 61.3 Å². The Labute approximate surface area is 142 Å². The average Bonchev–Trinajstić information content (AvgIpc) is 2.97. The predicted octanol–water partition coefficient (Wildman–Crippen LogP) is 3.50. The summed E-state index contributed by atoms with van der Waals surface area (Å²) in [6.45, 7) is 1.89. The third-order valence-corrected chi connectivity index (χ3v) is 4.21. The van der Waals surface area contributed by atoms with Crippen LogP contribution >= 0.6 is 0 Å². The van der Waals surface area contributed by atoms with Crippen LogP contribution in [0.3, 0.4) is 0 Å². The Kier molecular flexibility index (Phi) is 3.71. The Bertz CT molecular complexity index is 911. The van der Waals surface area contributed by atoms with E-state index in [1.54, 1.807) is 6.92 Å². The lowest BCUT2D eigenvalue weighted by Gasteiger charge is -2.24. The normalized spacial score (nSPS) is 17.6. The maximum Gasteiger partial charge on any atom is 0.356 e. The number of hydrogen-bond acceptors (Lipinski definition) is 5. The Morgan fingerprint density at radius 1 is 1.40 bits per heavy atom. The van der Waals surface area contributed by atoms with E-state index in [0.29, 0.717) is 24.1 Å². The Morgan fingerprint density at radius 2 is 2.24 bits per heavy atom. The summed E-state index contributed by atoms with van der Waals surface area (Å²) in [5, 5.41) is 0. The molecule has 2 aromatic heterocycles. The first-order valence-electron chi connectivity index (χ1n) is 7.95. The number of carbonyl (C=O) groups excluding carboxylic acids is 1. The molecule has 1 atom stereocenters. The highest BCUT2D eigenvalue weighted by molar-refractivity contribution is 5.89. The second kappa shape index (κ2) is 5.91. The average molecular weight is 344 g/mol. The minimum Gasteiger partial charge on any atom is -0.488 e. The van der Waals surface area contributed by atoms with Gasteiger partial charge >= 0.3 is 5.97 Å². The van der Waals surface area contributed by atoms with Gasteiger partial charge in [0.25, 0.3) is 0 Å². The molecule has 0 spiro atoms. The summed E-state index contributed by atoms with van der Waals surface area (Å²) in [7, 11) is 0. The minimum atomic E-state index is -0.795. The largest absolute Gasteiger partial charge is 0.488 e. The van der Waals surface area contributed by atoms with Gasteiger partial charge < -0.3 is 9.47 Å². The third-order valence-electron chi connectivity index (χ3n) is 4.21. The van der Waals surface area contributed by atoms with Crippen molar-refractivity contribution < 1.29 is 23.0 Å². The van der Waals surface area contributed by atoms with E-state index < -0.39 is 17.6 Å². The van der Waals surface area contributed by atoms with Gasteiger partial charge in [0.2, 0.25) is 0 Å². The van der Waals surface area contributed by atoms with Gasteiger partial charge in [0.1, 0.15) is 23.3 Å². The summed E-state index contributed by atoms with van der Waals surface area (Å²) in [6, 6.07) is 2.22. The fourth-order valence-corrected chi connectivity index (χ4v) is 3.15. The van der Waals surface area contributed by atoms with Crippen LogP contribution in [0.5, 0.6) is 0 Å². The molecule has 0 fully saturated rings. The molecule has 2 aliphatic heterocycles. The van der Waals surface area contributed by atoms with Crippen molar-refractivity contribution in [2.75, 3.05) is 6.61 Å². The van der Waals surface area contributed by atoms with Gasteiger partial charge in [-0.3, -0.25) is 4.98 Å². The predicted molar refractivity (Wildman–Crippen MR) is 83.6 cm³/mol. The molecule has 2 aromatic rings. The van der Waals surface area contributed by atoms with Crippen molar-refractivity contribution in [2.24, 2.45) is 0 Å². The van der Waals surface area contributed by atoms with Crippen molar-refractivity contribution in [1.29, 1.82) is 0 Å². The van der Waals surface area contributed by atoms with E-state index in [9.17, 15) is 13.6 Å². The summed E-state index contributed by atoms with van der Waals surface area (Å²) in [4.78, 5) is 20.4. The molecule has 0 amide bonds. The molecule has 4 rings (SSSR count). The molecule has 0 aromatic carbocycles. The molecule has 128 valence electrons. The molecule has 2 bridgehead atoms. The molecule has 0 N–H and O–H groups in total. The van der Waals surface area contributed by atoms with E-state index in [0.717, 1.165) is 23.6 Å². The van der Waals surface area contributed by atoms with Crippen LogP contribution in [-0.2, 0) is 15.9 Å². The van der Waals surface area contributed by atoms with E-state index in [2.05, 4.69) is 9.97 Å². The molecular weight excluding hydrogens is 330 g/mol. The molecule has 0 unspecified atom stereocenters. The Hall–Kier alpha value is -2.83. The van der Waals surface area contributed by atoms with Crippen molar-refractivity contribution in [2.45, 2.75) is 25.9 Å². The molecule has 4 heterocycles. The second-order valence-electron chi connectivity index (χ2n) is 5.81. The number of nitrogens with zero attached hydrogens (tertiary/aromatic N) is 2. The van der Waals surface area contributed by atoms with Gasteiger partial charge in [-0.05, 0) is 24.6 Å². The van der Waals surface area contributed by atoms with E-state index in [4.69, 9.17) is 9.47 Å². The molecule has 0 aliphatic carbocycles. The van der Waals surface area contributed by atoms with Crippen LogP contribution in [0.2, 0.25) is 0 Å². The zero-order valence-corrected chi connectivity index (χ0v) is 13.4. The highest BCUT2D eigenvalue weighted by atomic mass is 19.1. The maximum absolute atomic E-state index is 14.3. The molecular formula is C18H14F2N2O3. The molecule has 0 radical (unpaired) electrons. The smallest absolute Gasteiger partial charge is 0.356 e. The van der Waals surface area contributed by atoms with Crippen LogP contribution in [0.25, 0.3) is 11.3 Å². The number of pyridine rings is 2. The zero-order valence-electron chi connectivity index (χ0n) is 13.4. The van der Waals surface area contributed by atoms with Gasteiger partial charge in [-0.1, -0.05) is 0 Å². The highest BCUT2D eigenvalue weighted by Crippen LogP contribution is 2.42. The first-order valence-corrected chi connectivity index (χ1v) is 7.95. The quantitative estimate of drug-likeness (QED) is 0.798. The van der Waals surface area contributed by atoms with Gasteiger partial charge in [-0.15, -0.1) is 0 Å². The zero-order chi connectivity index (χ0) is 17.6. The van der Waals surface area contributed by atoms with E-state index in [1.807, 2.05) is 6.08 Å². The van der Waals surface area contributed by atoms with Gasteiger partial charge in [0.05, 0.1) is 24.3 Å². The van der Waals surface area contributed by atoms with Gasteiger partial charge in [0, 0.05) is 24.5 Å². The first-order chi connectivity index (χ1) is 12.1. The van der Waals surface area contributed by atoms with Crippen molar-refractivity contribution in [1.82, 2.24) is 9.97 Å². The molecule has 25 heavy (non-hydrogen) atoms. The van der Waals surface area contributed by atoms with Gasteiger partial charge in [0.15, 0.2) is 5.82 Å². The first kappa shape index (κ1) is 15.7. The van der Waals surface area contributed by atoms with Gasteiger partial charge in [-0.2, -0.15) is 0 Å². The molecule has 2 aliphatic rings. The van der Waals surface area contributed by atoms with E-state index in [1.165, 1.54) is 6.07 Å². The number of hydrogen-bond donors (Lipinski definition) is 0. The maximum atomic E-state index is 14.3. The fraction of sp³-hybridized carbons (Fsp3) is 0.278. The lowest BCUT2D eigenvalue weighted by atomic mass is 9.95. The fourth-order valence-electron chi connectivity index (χ4n) is 3.15. The van der Waals surface area contributed by atoms with Crippen LogP contribution in [-0.4, -0.2) is 22.5 Å². The van der Waals surface area contributed by atoms with Gasteiger partial charge in [-0.25, -0.2) is 18.6 Å². The van der Waals surface area contributed by atoms with Crippen molar-refractivity contribution in [3.05, 3.63) is 58.8 Å². The molecule has 0 saturated carbocycles.